The molecule has 0 spiro atoms. The Balaban J connectivity index is 1.31. The lowest BCUT2D eigenvalue weighted by Crippen LogP contribution is -2.51. The lowest BCUT2D eigenvalue weighted by Gasteiger charge is -2.35. The standard InChI is InChI=1S/C22H20Cl2N4O2/c23-16-6-7-17(18(24)13-16)22(30)25-14-21(29)28-11-9-27(10-12-28)20-8-5-15-3-1-2-4-19(15)26-20/h1-8,13H,9-12,14H2,(H,25,30). The number of nitrogens with one attached hydrogen (secondary N) is 1. The number of para-hydroxylation sites is 1. The number of carbonyl (C=O) groups is 2. The lowest BCUT2D eigenvalue weighted by molar-refractivity contribution is -0.130. The van der Waals surface area contributed by atoms with Crippen molar-refractivity contribution in [2.45, 2.75) is 0 Å². The predicted molar refractivity (Wildman–Crippen MR) is 119 cm³/mol. The molecule has 6 nitrogen and oxygen atoms in total. The average Bonchev–Trinajstić information content (AvgIpc) is 2.77. The number of fused-ring (bicyclic) bond motifs is 1. The molecule has 1 saturated heterocycles. The van der Waals surface area contributed by atoms with E-state index >= 15 is 0 Å². The van der Waals surface area contributed by atoms with E-state index in [0.717, 1.165) is 16.7 Å². The molecule has 0 aliphatic carbocycles. The van der Waals surface area contributed by atoms with Crippen LogP contribution in [0.25, 0.3) is 10.9 Å². The van der Waals surface area contributed by atoms with Gasteiger partial charge in [-0.1, -0.05) is 41.4 Å². The predicted octanol–water partition coefficient (Wildman–Crippen LogP) is 3.62. The smallest absolute Gasteiger partial charge is 0.253 e. The van der Waals surface area contributed by atoms with Crippen LogP contribution < -0.4 is 10.2 Å². The third kappa shape index (κ3) is 4.50. The number of anilines is 1. The average molecular weight is 443 g/mol. The molecule has 1 aliphatic rings. The first-order chi connectivity index (χ1) is 14.5. The van der Waals surface area contributed by atoms with Crippen LogP contribution in [0, 0.1) is 0 Å². The highest BCUT2D eigenvalue weighted by atomic mass is 35.5. The summed E-state index contributed by atoms with van der Waals surface area (Å²) in [6.45, 7) is 2.45. The van der Waals surface area contributed by atoms with E-state index in [1.54, 1.807) is 17.0 Å². The summed E-state index contributed by atoms with van der Waals surface area (Å²) in [4.78, 5) is 33.4. The van der Waals surface area contributed by atoms with Gasteiger partial charge < -0.3 is 15.1 Å². The first-order valence-corrected chi connectivity index (χ1v) is 10.4. The summed E-state index contributed by atoms with van der Waals surface area (Å²) in [5.41, 5.74) is 1.25. The van der Waals surface area contributed by atoms with Crippen LogP contribution in [0.1, 0.15) is 10.4 Å². The fourth-order valence-corrected chi connectivity index (χ4v) is 3.95. The maximum atomic E-state index is 12.5. The molecule has 1 aromatic heterocycles. The SMILES string of the molecule is O=C(NCC(=O)N1CCN(c2ccc3ccccc3n2)CC1)c1ccc(Cl)cc1Cl. The Morgan fingerprint density at radius 2 is 1.73 bits per heavy atom. The maximum absolute atomic E-state index is 12.5. The highest BCUT2D eigenvalue weighted by Crippen LogP contribution is 2.21. The number of aromatic nitrogens is 1. The minimum atomic E-state index is -0.399. The highest BCUT2D eigenvalue weighted by molar-refractivity contribution is 6.36. The number of nitrogens with zero attached hydrogens (tertiary/aromatic N) is 3. The second-order valence-corrected chi connectivity index (χ2v) is 7.88. The van der Waals surface area contributed by atoms with Crippen molar-refractivity contribution in [3.8, 4) is 0 Å². The first-order valence-electron chi connectivity index (χ1n) is 9.63. The van der Waals surface area contributed by atoms with Gasteiger partial charge in [-0.25, -0.2) is 4.98 Å². The second kappa shape index (κ2) is 8.90. The zero-order valence-electron chi connectivity index (χ0n) is 16.1. The highest BCUT2D eigenvalue weighted by Gasteiger charge is 2.22. The molecule has 0 unspecified atom stereocenters. The minimum Gasteiger partial charge on any atom is -0.353 e. The maximum Gasteiger partial charge on any atom is 0.253 e. The molecule has 1 N–H and O–H groups in total. The van der Waals surface area contributed by atoms with Gasteiger partial charge in [-0.2, -0.15) is 0 Å². The number of hydrogen-bond donors (Lipinski definition) is 1. The summed E-state index contributed by atoms with van der Waals surface area (Å²) < 4.78 is 0. The fourth-order valence-electron chi connectivity index (χ4n) is 3.45. The van der Waals surface area contributed by atoms with Gasteiger partial charge in [0.25, 0.3) is 5.91 Å². The zero-order valence-corrected chi connectivity index (χ0v) is 17.7. The molecule has 4 rings (SSSR count). The van der Waals surface area contributed by atoms with Gasteiger partial charge >= 0.3 is 0 Å². The van der Waals surface area contributed by atoms with Gasteiger partial charge in [0.2, 0.25) is 5.91 Å². The second-order valence-electron chi connectivity index (χ2n) is 7.04. The molecular weight excluding hydrogens is 423 g/mol. The molecule has 0 bridgehead atoms. The molecule has 2 aromatic carbocycles. The molecular formula is C22H20Cl2N4O2. The summed E-state index contributed by atoms with van der Waals surface area (Å²) in [5.74, 6) is 0.384. The summed E-state index contributed by atoms with van der Waals surface area (Å²) >= 11 is 11.9. The van der Waals surface area contributed by atoms with E-state index in [2.05, 4.69) is 16.3 Å². The molecule has 30 heavy (non-hydrogen) atoms. The van der Waals surface area contributed by atoms with Crippen LogP contribution in [0.4, 0.5) is 5.82 Å². The van der Waals surface area contributed by atoms with Crippen molar-refractivity contribution >= 4 is 51.7 Å². The Labute approximate surface area is 184 Å². The molecule has 1 aliphatic heterocycles. The largest absolute Gasteiger partial charge is 0.353 e. The van der Waals surface area contributed by atoms with E-state index in [4.69, 9.17) is 28.2 Å². The molecule has 0 saturated carbocycles. The van der Waals surface area contributed by atoms with Gasteiger partial charge in [-0.3, -0.25) is 9.59 Å². The van der Waals surface area contributed by atoms with Crippen LogP contribution in [0.15, 0.2) is 54.6 Å². The van der Waals surface area contributed by atoms with Crippen molar-refractivity contribution in [3.63, 3.8) is 0 Å². The Morgan fingerprint density at radius 3 is 2.50 bits per heavy atom. The van der Waals surface area contributed by atoms with E-state index in [0.29, 0.717) is 36.8 Å². The van der Waals surface area contributed by atoms with Gasteiger partial charge in [0.1, 0.15) is 5.82 Å². The molecule has 3 aromatic rings. The van der Waals surface area contributed by atoms with E-state index in [1.165, 1.54) is 6.07 Å². The Kier molecular flexibility index (Phi) is 6.06. The van der Waals surface area contributed by atoms with Gasteiger partial charge in [-0.05, 0) is 36.4 Å². The monoisotopic (exact) mass is 442 g/mol. The molecule has 0 atom stereocenters. The summed E-state index contributed by atoms with van der Waals surface area (Å²) in [7, 11) is 0. The third-order valence-electron chi connectivity index (χ3n) is 5.12. The van der Waals surface area contributed by atoms with Crippen molar-refractivity contribution in [2.24, 2.45) is 0 Å². The number of amides is 2. The van der Waals surface area contributed by atoms with Crippen LogP contribution >= 0.6 is 23.2 Å². The van der Waals surface area contributed by atoms with Crippen LogP contribution in [0.5, 0.6) is 0 Å². The van der Waals surface area contributed by atoms with E-state index in [9.17, 15) is 9.59 Å². The molecule has 0 radical (unpaired) electrons. The zero-order chi connectivity index (χ0) is 21.1. The van der Waals surface area contributed by atoms with Gasteiger partial charge in [0.15, 0.2) is 0 Å². The Morgan fingerprint density at radius 1 is 0.967 bits per heavy atom. The number of benzene rings is 2. The number of halogens is 2. The van der Waals surface area contributed by atoms with Gasteiger partial charge in [0, 0.05) is 36.6 Å². The van der Waals surface area contributed by atoms with Crippen LogP contribution in [-0.2, 0) is 4.79 Å². The van der Waals surface area contributed by atoms with Crippen LogP contribution in [-0.4, -0.2) is 54.4 Å². The van der Waals surface area contributed by atoms with Crippen molar-refractivity contribution in [1.29, 1.82) is 0 Å². The third-order valence-corrected chi connectivity index (χ3v) is 5.66. The molecule has 2 amide bonds. The van der Waals surface area contributed by atoms with Crippen molar-refractivity contribution in [3.05, 3.63) is 70.2 Å². The normalized spacial score (nSPS) is 14.1. The lowest BCUT2D eigenvalue weighted by atomic mass is 10.2. The molecule has 8 heteroatoms. The first kappa shape index (κ1) is 20.4. The number of hydrogen-bond acceptors (Lipinski definition) is 4. The number of piperazine rings is 1. The Hall–Kier alpha value is -2.83. The van der Waals surface area contributed by atoms with Crippen LogP contribution in [0.2, 0.25) is 10.0 Å². The fraction of sp³-hybridized carbons (Fsp3) is 0.227. The van der Waals surface area contributed by atoms with E-state index in [-0.39, 0.29) is 17.5 Å². The van der Waals surface area contributed by atoms with Crippen LogP contribution in [0.3, 0.4) is 0 Å². The van der Waals surface area contributed by atoms with Gasteiger partial charge in [0.05, 0.1) is 22.6 Å². The Bertz CT molecular complexity index is 1100. The molecule has 2 heterocycles. The minimum absolute atomic E-state index is 0.0774. The van der Waals surface area contributed by atoms with E-state index in [1.807, 2.05) is 30.3 Å². The number of pyridine rings is 1. The molecule has 154 valence electrons. The van der Waals surface area contributed by atoms with Crippen molar-refractivity contribution in [1.82, 2.24) is 15.2 Å². The number of carbonyl (C=O) groups excluding carboxylic acids is 2. The topological polar surface area (TPSA) is 65.5 Å². The van der Waals surface area contributed by atoms with E-state index < -0.39 is 5.91 Å². The summed E-state index contributed by atoms with van der Waals surface area (Å²) in [6.07, 6.45) is 0. The molecule has 1 fully saturated rings. The quantitative estimate of drug-likeness (QED) is 0.669. The van der Waals surface area contributed by atoms with Gasteiger partial charge in [-0.15, -0.1) is 0 Å². The van der Waals surface area contributed by atoms with Crippen molar-refractivity contribution < 1.29 is 9.59 Å². The number of rotatable bonds is 4. The summed E-state index contributed by atoms with van der Waals surface area (Å²) in [5, 5.41) is 4.44. The van der Waals surface area contributed by atoms with Crippen molar-refractivity contribution in [2.75, 3.05) is 37.6 Å². The summed E-state index contributed by atoms with van der Waals surface area (Å²) in [6, 6.07) is 16.7.